The van der Waals surface area contributed by atoms with Crippen molar-refractivity contribution >= 4 is 5.91 Å². The number of amides is 1. The maximum absolute atomic E-state index is 12.6. The summed E-state index contributed by atoms with van der Waals surface area (Å²) in [6.07, 6.45) is 5.16. The summed E-state index contributed by atoms with van der Waals surface area (Å²) in [6, 6.07) is 0. The number of carbonyl (C=O) groups is 1. The predicted molar refractivity (Wildman–Crippen MR) is 80.4 cm³/mol. The van der Waals surface area contributed by atoms with Crippen molar-refractivity contribution in [1.29, 1.82) is 0 Å². The molecule has 0 N–H and O–H groups in total. The van der Waals surface area contributed by atoms with E-state index in [0.717, 1.165) is 39.0 Å². The monoisotopic (exact) mass is 294 g/mol. The fraction of sp³-hybridized carbons (Fsp3) is 0.750. The van der Waals surface area contributed by atoms with Gasteiger partial charge in [-0.25, -0.2) is 4.98 Å². The second-order valence-corrected chi connectivity index (χ2v) is 5.77. The van der Waals surface area contributed by atoms with Crippen LogP contribution in [0.1, 0.15) is 54.7 Å². The van der Waals surface area contributed by atoms with Crippen molar-refractivity contribution in [2.24, 2.45) is 5.92 Å². The van der Waals surface area contributed by atoms with Crippen LogP contribution in [0.3, 0.4) is 0 Å². The van der Waals surface area contributed by atoms with Crippen LogP contribution in [0.4, 0.5) is 0 Å². The fourth-order valence-electron chi connectivity index (χ4n) is 2.95. The highest BCUT2D eigenvalue weighted by Crippen LogP contribution is 2.23. The van der Waals surface area contributed by atoms with Gasteiger partial charge < -0.3 is 14.1 Å². The highest BCUT2D eigenvalue weighted by atomic mass is 16.5. The summed E-state index contributed by atoms with van der Waals surface area (Å²) in [7, 11) is 1.73. The number of oxazole rings is 1. The second-order valence-electron chi connectivity index (χ2n) is 5.77. The van der Waals surface area contributed by atoms with Gasteiger partial charge in [-0.2, -0.15) is 0 Å². The first-order valence-electron chi connectivity index (χ1n) is 7.90. The van der Waals surface area contributed by atoms with Crippen LogP contribution in [0, 0.1) is 12.8 Å². The zero-order valence-corrected chi connectivity index (χ0v) is 13.4. The predicted octanol–water partition coefficient (Wildman–Crippen LogP) is 2.82. The van der Waals surface area contributed by atoms with E-state index in [0.29, 0.717) is 29.7 Å². The molecule has 0 bridgehead atoms. The number of likely N-dealkylation sites (tertiary alicyclic amines) is 1. The zero-order chi connectivity index (χ0) is 15.2. The SMILES string of the molecule is CCc1nc(C)c(C(=O)N2CCC[C@@H](CCCOC)C2)o1. The molecular weight excluding hydrogens is 268 g/mol. The van der Waals surface area contributed by atoms with Crippen molar-refractivity contribution < 1.29 is 13.9 Å². The van der Waals surface area contributed by atoms with Gasteiger partial charge >= 0.3 is 0 Å². The molecule has 1 aromatic rings. The van der Waals surface area contributed by atoms with Crippen LogP contribution >= 0.6 is 0 Å². The van der Waals surface area contributed by atoms with Gasteiger partial charge in [-0.05, 0) is 38.5 Å². The summed E-state index contributed by atoms with van der Waals surface area (Å²) in [5.74, 6) is 1.64. The molecule has 0 unspecified atom stereocenters. The topological polar surface area (TPSA) is 55.6 Å². The molecule has 1 amide bonds. The Morgan fingerprint density at radius 2 is 2.33 bits per heavy atom. The number of hydrogen-bond acceptors (Lipinski definition) is 4. The summed E-state index contributed by atoms with van der Waals surface area (Å²) in [4.78, 5) is 18.8. The molecule has 1 aliphatic rings. The molecule has 0 spiro atoms. The average molecular weight is 294 g/mol. The summed E-state index contributed by atoms with van der Waals surface area (Å²) >= 11 is 0. The van der Waals surface area contributed by atoms with Crippen molar-refractivity contribution in [2.45, 2.75) is 46.0 Å². The molecule has 2 heterocycles. The Bertz CT molecular complexity index is 470. The zero-order valence-electron chi connectivity index (χ0n) is 13.4. The minimum Gasteiger partial charge on any atom is -0.435 e. The quantitative estimate of drug-likeness (QED) is 0.757. The number of carbonyl (C=O) groups excluding carboxylic acids is 1. The van der Waals surface area contributed by atoms with Gasteiger partial charge in [0, 0.05) is 33.2 Å². The first-order valence-corrected chi connectivity index (χ1v) is 7.90. The summed E-state index contributed by atoms with van der Waals surface area (Å²) < 4.78 is 10.7. The molecule has 0 saturated carbocycles. The number of aromatic nitrogens is 1. The summed E-state index contributed by atoms with van der Waals surface area (Å²) in [5, 5.41) is 0. The van der Waals surface area contributed by atoms with E-state index in [9.17, 15) is 4.79 Å². The standard InChI is InChI=1S/C16H26N2O3/c1-4-14-17-12(2)15(21-14)16(19)18-9-5-7-13(11-18)8-6-10-20-3/h13H,4-11H2,1-3H3/t13-/m0/s1. The molecule has 2 rings (SSSR count). The Hall–Kier alpha value is -1.36. The molecule has 0 radical (unpaired) electrons. The minimum absolute atomic E-state index is 0.00357. The molecule has 21 heavy (non-hydrogen) atoms. The number of hydrogen-bond donors (Lipinski definition) is 0. The van der Waals surface area contributed by atoms with E-state index in [-0.39, 0.29) is 5.91 Å². The van der Waals surface area contributed by atoms with Crippen LogP contribution in [0.15, 0.2) is 4.42 Å². The Morgan fingerprint density at radius 1 is 1.52 bits per heavy atom. The average Bonchev–Trinajstić information content (AvgIpc) is 2.88. The molecule has 1 aliphatic heterocycles. The van der Waals surface area contributed by atoms with Gasteiger partial charge in [0.2, 0.25) is 5.76 Å². The number of ether oxygens (including phenoxy) is 1. The second kappa shape index (κ2) is 7.59. The number of methoxy groups -OCH3 is 1. The van der Waals surface area contributed by atoms with E-state index in [1.807, 2.05) is 18.7 Å². The van der Waals surface area contributed by atoms with Crippen molar-refractivity contribution in [3.63, 3.8) is 0 Å². The van der Waals surface area contributed by atoms with Gasteiger partial charge in [0.15, 0.2) is 5.89 Å². The Kier molecular flexibility index (Phi) is 5.79. The van der Waals surface area contributed by atoms with Crippen molar-refractivity contribution in [3.8, 4) is 0 Å². The lowest BCUT2D eigenvalue weighted by Gasteiger charge is -2.32. The Balaban J connectivity index is 1.96. The Morgan fingerprint density at radius 3 is 3.00 bits per heavy atom. The van der Waals surface area contributed by atoms with Crippen LogP contribution < -0.4 is 0 Å². The Labute approximate surface area is 126 Å². The summed E-state index contributed by atoms with van der Waals surface area (Å²) in [6.45, 7) is 6.26. The van der Waals surface area contributed by atoms with Crippen molar-refractivity contribution in [3.05, 3.63) is 17.3 Å². The first kappa shape index (κ1) is 16.0. The number of nitrogens with zero attached hydrogens (tertiary/aromatic N) is 2. The lowest BCUT2D eigenvalue weighted by atomic mass is 9.93. The molecule has 1 saturated heterocycles. The first-order chi connectivity index (χ1) is 10.2. The van der Waals surface area contributed by atoms with Gasteiger partial charge in [0.1, 0.15) is 0 Å². The number of piperidine rings is 1. The number of aryl methyl sites for hydroxylation is 2. The smallest absolute Gasteiger partial charge is 0.291 e. The normalized spacial score (nSPS) is 19.0. The summed E-state index contributed by atoms with van der Waals surface area (Å²) in [5.41, 5.74) is 0.707. The molecule has 5 heteroatoms. The van der Waals surface area contributed by atoms with Crippen LogP contribution in [-0.4, -0.2) is 42.6 Å². The van der Waals surface area contributed by atoms with E-state index in [1.165, 1.54) is 6.42 Å². The minimum atomic E-state index is -0.00357. The molecule has 5 nitrogen and oxygen atoms in total. The van der Waals surface area contributed by atoms with Crippen LogP contribution in [-0.2, 0) is 11.2 Å². The maximum atomic E-state index is 12.6. The van der Waals surface area contributed by atoms with Gasteiger partial charge in [-0.15, -0.1) is 0 Å². The molecule has 0 aliphatic carbocycles. The third-order valence-electron chi connectivity index (χ3n) is 4.10. The highest BCUT2D eigenvalue weighted by molar-refractivity contribution is 5.92. The van der Waals surface area contributed by atoms with E-state index in [2.05, 4.69) is 4.98 Å². The molecule has 1 fully saturated rings. The molecular formula is C16H26N2O3. The lowest BCUT2D eigenvalue weighted by molar-refractivity contribution is 0.0626. The largest absolute Gasteiger partial charge is 0.435 e. The van der Waals surface area contributed by atoms with E-state index < -0.39 is 0 Å². The maximum Gasteiger partial charge on any atom is 0.291 e. The lowest BCUT2D eigenvalue weighted by Crippen LogP contribution is -2.40. The van der Waals surface area contributed by atoms with Gasteiger partial charge in [-0.1, -0.05) is 6.92 Å². The van der Waals surface area contributed by atoms with Crippen LogP contribution in [0.5, 0.6) is 0 Å². The molecule has 1 aromatic heterocycles. The van der Waals surface area contributed by atoms with E-state index in [1.54, 1.807) is 7.11 Å². The van der Waals surface area contributed by atoms with Crippen LogP contribution in [0.25, 0.3) is 0 Å². The molecule has 118 valence electrons. The van der Waals surface area contributed by atoms with Gasteiger partial charge in [-0.3, -0.25) is 4.79 Å². The van der Waals surface area contributed by atoms with Gasteiger partial charge in [0.05, 0.1) is 5.69 Å². The fourth-order valence-corrected chi connectivity index (χ4v) is 2.95. The molecule has 0 aromatic carbocycles. The van der Waals surface area contributed by atoms with Gasteiger partial charge in [0.25, 0.3) is 5.91 Å². The third kappa shape index (κ3) is 4.06. The molecule has 1 atom stereocenters. The van der Waals surface area contributed by atoms with E-state index >= 15 is 0 Å². The number of rotatable bonds is 6. The third-order valence-corrected chi connectivity index (χ3v) is 4.10. The van der Waals surface area contributed by atoms with E-state index in [4.69, 9.17) is 9.15 Å². The van der Waals surface area contributed by atoms with Crippen molar-refractivity contribution in [1.82, 2.24) is 9.88 Å². The van der Waals surface area contributed by atoms with Crippen molar-refractivity contribution in [2.75, 3.05) is 26.8 Å². The van der Waals surface area contributed by atoms with Crippen LogP contribution in [0.2, 0.25) is 0 Å². The highest BCUT2D eigenvalue weighted by Gasteiger charge is 2.27.